The number of Topliss-reactive ketones (excluding diaryl/α,β-unsaturated/α-hetero) is 1. The molecule has 0 atom stereocenters. The SMILES string of the molecule is CCCn1nncc1C(=O)CCC(C)(C)CCN. The minimum absolute atomic E-state index is 0.118. The topological polar surface area (TPSA) is 73.8 Å². The summed E-state index contributed by atoms with van der Waals surface area (Å²) >= 11 is 0. The van der Waals surface area contributed by atoms with Gasteiger partial charge in [-0.15, -0.1) is 5.10 Å². The Labute approximate surface area is 109 Å². The van der Waals surface area contributed by atoms with Crippen molar-refractivity contribution < 1.29 is 4.79 Å². The fourth-order valence-corrected chi connectivity index (χ4v) is 1.95. The van der Waals surface area contributed by atoms with Crippen LogP contribution >= 0.6 is 0 Å². The quantitative estimate of drug-likeness (QED) is 0.718. The first-order valence-corrected chi connectivity index (χ1v) is 6.62. The van der Waals surface area contributed by atoms with Crippen molar-refractivity contribution in [3.05, 3.63) is 11.9 Å². The second-order valence-electron chi connectivity index (χ2n) is 5.47. The van der Waals surface area contributed by atoms with Crippen LogP contribution < -0.4 is 5.73 Å². The highest BCUT2D eigenvalue weighted by atomic mass is 16.1. The second kappa shape index (κ2) is 6.64. The predicted octanol–water partition coefficient (Wildman–Crippen LogP) is 2.03. The molecule has 5 nitrogen and oxygen atoms in total. The molecule has 1 rings (SSSR count). The lowest BCUT2D eigenvalue weighted by atomic mass is 9.83. The zero-order valence-electron chi connectivity index (χ0n) is 11.6. The second-order valence-corrected chi connectivity index (χ2v) is 5.47. The van der Waals surface area contributed by atoms with E-state index in [0.717, 1.165) is 25.8 Å². The van der Waals surface area contributed by atoms with Crippen LogP contribution in [0.3, 0.4) is 0 Å². The highest BCUT2D eigenvalue weighted by molar-refractivity contribution is 5.94. The smallest absolute Gasteiger partial charge is 0.182 e. The maximum atomic E-state index is 12.1. The van der Waals surface area contributed by atoms with Gasteiger partial charge in [0.2, 0.25) is 0 Å². The Bertz CT molecular complexity index is 384. The van der Waals surface area contributed by atoms with Crippen LogP contribution in [-0.4, -0.2) is 27.3 Å². The maximum Gasteiger partial charge on any atom is 0.182 e. The van der Waals surface area contributed by atoms with Crippen LogP contribution in [0.4, 0.5) is 0 Å². The number of aryl methyl sites for hydroxylation is 1. The first kappa shape index (κ1) is 14.8. The van der Waals surface area contributed by atoms with E-state index in [4.69, 9.17) is 5.73 Å². The van der Waals surface area contributed by atoms with Crippen LogP contribution in [0.5, 0.6) is 0 Å². The van der Waals surface area contributed by atoms with Crippen LogP contribution in [0.2, 0.25) is 0 Å². The Kier molecular flexibility index (Phi) is 5.47. The van der Waals surface area contributed by atoms with Crippen molar-refractivity contribution in [2.45, 2.75) is 53.0 Å². The number of carbonyl (C=O) groups is 1. The Balaban J connectivity index is 2.57. The van der Waals surface area contributed by atoms with E-state index in [0.29, 0.717) is 18.7 Å². The molecule has 0 saturated heterocycles. The van der Waals surface area contributed by atoms with Crippen molar-refractivity contribution in [2.24, 2.45) is 11.1 Å². The Morgan fingerprint density at radius 2 is 2.17 bits per heavy atom. The Morgan fingerprint density at radius 3 is 2.78 bits per heavy atom. The third-order valence-corrected chi connectivity index (χ3v) is 3.19. The third-order valence-electron chi connectivity index (χ3n) is 3.19. The summed E-state index contributed by atoms with van der Waals surface area (Å²) in [5.41, 5.74) is 6.31. The maximum absolute atomic E-state index is 12.1. The summed E-state index contributed by atoms with van der Waals surface area (Å²) in [6.07, 6.45) is 4.83. The molecule has 1 heterocycles. The van der Waals surface area contributed by atoms with Crippen molar-refractivity contribution in [3.8, 4) is 0 Å². The molecule has 5 heteroatoms. The van der Waals surface area contributed by atoms with E-state index >= 15 is 0 Å². The molecule has 0 amide bonds. The van der Waals surface area contributed by atoms with Gasteiger partial charge in [0.15, 0.2) is 5.78 Å². The highest BCUT2D eigenvalue weighted by Gasteiger charge is 2.20. The molecular formula is C13H24N4O. The summed E-state index contributed by atoms with van der Waals surface area (Å²) in [5.74, 6) is 0.124. The first-order chi connectivity index (χ1) is 8.50. The molecule has 0 fully saturated rings. The van der Waals surface area contributed by atoms with Crippen LogP contribution in [0.15, 0.2) is 6.20 Å². The average Bonchev–Trinajstić information content (AvgIpc) is 2.75. The third kappa shape index (κ3) is 4.22. The molecule has 0 aliphatic carbocycles. The fraction of sp³-hybridized carbons (Fsp3) is 0.769. The molecule has 0 spiro atoms. The van der Waals surface area contributed by atoms with E-state index in [1.165, 1.54) is 0 Å². The van der Waals surface area contributed by atoms with Gasteiger partial charge in [-0.3, -0.25) is 4.79 Å². The van der Waals surface area contributed by atoms with E-state index in [2.05, 4.69) is 31.1 Å². The summed E-state index contributed by atoms with van der Waals surface area (Å²) in [5, 5.41) is 7.75. The average molecular weight is 252 g/mol. The van der Waals surface area contributed by atoms with Crippen molar-refractivity contribution in [2.75, 3.05) is 6.54 Å². The molecule has 0 radical (unpaired) electrons. The van der Waals surface area contributed by atoms with Gasteiger partial charge in [-0.1, -0.05) is 26.0 Å². The molecule has 18 heavy (non-hydrogen) atoms. The minimum atomic E-state index is 0.118. The fourth-order valence-electron chi connectivity index (χ4n) is 1.95. The molecule has 0 aliphatic rings. The molecule has 1 aromatic heterocycles. The molecule has 0 aliphatic heterocycles. The molecule has 0 bridgehead atoms. The number of rotatable bonds is 8. The highest BCUT2D eigenvalue weighted by Crippen LogP contribution is 2.26. The van der Waals surface area contributed by atoms with Crippen molar-refractivity contribution >= 4 is 5.78 Å². The van der Waals surface area contributed by atoms with Gasteiger partial charge in [-0.05, 0) is 31.2 Å². The normalized spacial score (nSPS) is 11.8. The Hall–Kier alpha value is -1.23. The van der Waals surface area contributed by atoms with Crippen molar-refractivity contribution in [1.29, 1.82) is 0 Å². The lowest BCUT2D eigenvalue weighted by molar-refractivity contribution is 0.0951. The number of hydrogen-bond acceptors (Lipinski definition) is 4. The first-order valence-electron chi connectivity index (χ1n) is 6.62. The van der Waals surface area contributed by atoms with Crippen LogP contribution in [0, 0.1) is 5.41 Å². The number of aromatic nitrogens is 3. The van der Waals surface area contributed by atoms with Gasteiger partial charge in [0.1, 0.15) is 5.69 Å². The summed E-state index contributed by atoms with van der Waals surface area (Å²) in [7, 11) is 0. The van der Waals surface area contributed by atoms with Crippen LogP contribution in [0.25, 0.3) is 0 Å². The van der Waals surface area contributed by atoms with Gasteiger partial charge < -0.3 is 5.73 Å². The monoisotopic (exact) mass is 252 g/mol. The molecule has 1 aromatic rings. The molecule has 0 aromatic carbocycles. The van der Waals surface area contributed by atoms with E-state index in [1.54, 1.807) is 10.9 Å². The molecular weight excluding hydrogens is 228 g/mol. The summed E-state index contributed by atoms with van der Waals surface area (Å²) in [6, 6.07) is 0. The molecule has 102 valence electrons. The van der Waals surface area contributed by atoms with E-state index in [9.17, 15) is 4.79 Å². The number of carbonyl (C=O) groups excluding carboxylic acids is 1. The largest absolute Gasteiger partial charge is 0.330 e. The minimum Gasteiger partial charge on any atom is -0.330 e. The van der Waals surface area contributed by atoms with Crippen molar-refractivity contribution in [1.82, 2.24) is 15.0 Å². The lowest BCUT2D eigenvalue weighted by Crippen LogP contribution is -2.19. The predicted molar refractivity (Wildman–Crippen MR) is 71.3 cm³/mol. The van der Waals surface area contributed by atoms with Gasteiger partial charge in [-0.2, -0.15) is 0 Å². The summed E-state index contributed by atoms with van der Waals surface area (Å²) < 4.78 is 1.69. The number of nitrogens with zero attached hydrogens (tertiary/aromatic N) is 3. The molecule has 0 saturated carbocycles. The van der Waals surface area contributed by atoms with E-state index in [-0.39, 0.29) is 11.2 Å². The zero-order valence-corrected chi connectivity index (χ0v) is 11.6. The summed E-state index contributed by atoms with van der Waals surface area (Å²) in [4.78, 5) is 12.1. The molecule has 0 unspecified atom stereocenters. The number of hydrogen-bond donors (Lipinski definition) is 1. The van der Waals surface area contributed by atoms with Crippen LogP contribution in [0.1, 0.15) is 56.9 Å². The van der Waals surface area contributed by atoms with Gasteiger partial charge in [0, 0.05) is 13.0 Å². The lowest BCUT2D eigenvalue weighted by Gasteiger charge is -2.23. The zero-order chi connectivity index (χ0) is 13.6. The van der Waals surface area contributed by atoms with Gasteiger partial charge in [0.25, 0.3) is 0 Å². The number of nitrogens with two attached hydrogens (primary N) is 1. The Morgan fingerprint density at radius 1 is 1.44 bits per heavy atom. The van der Waals surface area contributed by atoms with Crippen LogP contribution in [-0.2, 0) is 6.54 Å². The van der Waals surface area contributed by atoms with Gasteiger partial charge >= 0.3 is 0 Å². The summed E-state index contributed by atoms with van der Waals surface area (Å²) in [6.45, 7) is 7.76. The van der Waals surface area contributed by atoms with Gasteiger partial charge in [0.05, 0.1) is 6.20 Å². The van der Waals surface area contributed by atoms with Crippen molar-refractivity contribution in [3.63, 3.8) is 0 Å². The van der Waals surface area contributed by atoms with E-state index in [1.807, 2.05) is 0 Å². The van der Waals surface area contributed by atoms with Gasteiger partial charge in [-0.25, -0.2) is 4.68 Å². The van der Waals surface area contributed by atoms with E-state index < -0.39 is 0 Å². The standard InChI is InChI=1S/C13H24N4O/c1-4-9-17-11(10-15-16-17)12(18)5-6-13(2,3)7-8-14/h10H,4-9,14H2,1-3H3. The number of ketones is 1. The molecule has 2 N–H and O–H groups in total.